The van der Waals surface area contributed by atoms with Crippen LogP contribution in [0, 0.1) is 0 Å². The summed E-state index contributed by atoms with van der Waals surface area (Å²) in [4.78, 5) is 26.7. The van der Waals surface area contributed by atoms with E-state index in [-0.39, 0.29) is 11.8 Å². The normalized spacial score (nSPS) is 10.7. The number of rotatable bonds is 18. The number of benzene rings is 1. The number of amides is 2. The Morgan fingerprint density at radius 2 is 1.24 bits per heavy atom. The average Bonchev–Trinajstić information content (AvgIpc) is 2.82. The molecule has 192 valence electrons. The molecule has 0 radical (unpaired) electrons. The third kappa shape index (κ3) is 13.7. The lowest BCUT2D eigenvalue weighted by molar-refractivity contribution is -0.119. The number of hydrogen-bond acceptors (Lipinski definition) is 3. The van der Waals surface area contributed by atoms with Gasteiger partial charge in [0, 0.05) is 30.8 Å². The lowest BCUT2D eigenvalue weighted by atomic mass is 10.1. The molecule has 0 bridgehead atoms. The molecule has 2 N–H and O–H groups in total. The summed E-state index contributed by atoms with van der Waals surface area (Å²) in [6.45, 7) is 7.94. The highest BCUT2D eigenvalue weighted by Crippen LogP contribution is 2.14. The second-order valence-corrected chi connectivity index (χ2v) is 9.57. The first-order valence-corrected chi connectivity index (χ1v) is 13.9. The van der Waals surface area contributed by atoms with E-state index in [1.165, 1.54) is 57.8 Å². The number of thiocarbonyl (C=S) groups is 1. The maximum Gasteiger partial charge on any atom is 0.253 e. The maximum atomic E-state index is 12.7. The highest BCUT2D eigenvalue weighted by molar-refractivity contribution is 7.80. The van der Waals surface area contributed by atoms with Crippen LogP contribution in [0.25, 0.3) is 0 Å². The molecule has 1 rings (SSSR count). The van der Waals surface area contributed by atoms with Gasteiger partial charge in [0.25, 0.3) is 5.91 Å². The van der Waals surface area contributed by atoms with Crippen LogP contribution in [0.3, 0.4) is 0 Å². The first-order valence-electron chi connectivity index (χ1n) is 13.5. The van der Waals surface area contributed by atoms with Gasteiger partial charge in [-0.15, -0.1) is 0 Å². The monoisotopic (exact) mass is 489 g/mol. The summed E-state index contributed by atoms with van der Waals surface area (Å²) in [6, 6.07) is 7.26. The van der Waals surface area contributed by atoms with Crippen molar-refractivity contribution in [1.82, 2.24) is 10.2 Å². The summed E-state index contributed by atoms with van der Waals surface area (Å²) in [7, 11) is 0. The van der Waals surface area contributed by atoms with Gasteiger partial charge in [-0.25, -0.2) is 0 Å². The molecule has 0 saturated heterocycles. The molecule has 5 nitrogen and oxygen atoms in total. The highest BCUT2D eigenvalue weighted by Gasteiger charge is 2.14. The Morgan fingerprint density at radius 1 is 0.735 bits per heavy atom. The number of nitrogens with zero attached hydrogens (tertiary/aromatic N) is 1. The Balaban J connectivity index is 2.22. The van der Waals surface area contributed by atoms with Crippen molar-refractivity contribution in [2.45, 2.75) is 111 Å². The molecule has 2 amide bonds. The number of anilines is 1. The quantitative estimate of drug-likeness (QED) is 0.166. The van der Waals surface area contributed by atoms with Gasteiger partial charge in [-0.3, -0.25) is 9.59 Å². The standard InChI is InChI=1S/C28H47N3O2S/c1-4-7-8-9-10-11-12-13-14-15-16-17-26(32)30-28(34)29-25-20-18-24(19-21-25)27(33)31(22-5-2)23-6-3/h18-21H,4-17,22-23H2,1-3H3,(H2,29,30,32,34). The van der Waals surface area contributed by atoms with Crippen molar-refractivity contribution in [2.75, 3.05) is 18.4 Å². The van der Waals surface area contributed by atoms with Gasteiger partial charge in [-0.1, -0.05) is 85.0 Å². The van der Waals surface area contributed by atoms with Gasteiger partial charge in [0.2, 0.25) is 5.91 Å². The Kier molecular flexibility index (Phi) is 17.1. The van der Waals surface area contributed by atoms with Crippen molar-refractivity contribution in [3.05, 3.63) is 29.8 Å². The molecule has 0 saturated carbocycles. The summed E-state index contributed by atoms with van der Waals surface area (Å²) in [5, 5.41) is 6.09. The van der Waals surface area contributed by atoms with Crippen LogP contribution >= 0.6 is 12.2 Å². The van der Waals surface area contributed by atoms with Crippen molar-refractivity contribution in [2.24, 2.45) is 0 Å². The van der Waals surface area contributed by atoms with Crippen molar-refractivity contribution in [3.63, 3.8) is 0 Å². The molecule has 34 heavy (non-hydrogen) atoms. The SMILES string of the molecule is CCCCCCCCCCCCCC(=O)NC(=S)Nc1ccc(C(=O)N(CCC)CCC)cc1. The Labute approximate surface area is 213 Å². The highest BCUT2D eigenvalue weighted by atomic mass is 32.1. The number of carbonyl (C=O) groups is 2. The lowest BCUT2D eigenvalue weighted by Gasteiger charge is -2.21. The maximum absolute atomic E-state index is 12.7. The molecule has 0 heterocycles. The molecule has 0 aliphatic heterocycles. The van der Waals surface area contributed by atoms with Crippen LogP contribution < -0.4 is 10.6 Å². The van der Waals surface area contributed by atoms with Gasteiger partial charge in [0.15, 0.2) is 5.11 Å². The van der Waals surface area contributed by atoms with Crippen molar-refractivity contribution < 1.29 is 9.59 Å². The van der Waals surface area contributed by atoms with Crippen molar-refractivity contribution >= 4 is 34.8 Å². The van der Waals surface area contributed by atoms with E-state index in [9.17, 15) is 9.59 Å². The third-order valence-corrected chi connectivity index (χ3v) is 6.13. The third-order valence-electron chi connectivity index (χ3n) is 5.92. The van der Waals surface area contributed by atoms with Crippen molar-refractivity contribution in [3.8, 4) is 0 Å². The van der Waals surface area contributed by atoms with E-state index in [2.05, 4.69) is 31.4 Å². The number of nitrogens with one attached hydrogen (secondary N) is 2. The van der Waals surface area contributed by atoms with Gasteiger partial charge in [-0.2, -0.15) is 0 Å². The number of hydrogen-bond donors (Lipinski definition) is 2. The fourth-order valence-corrected chi connectivity index (χ4v) is 4.27. The van der Waals surface area contributed by atoms with Crippen LogP contribution in [0.2, 0.25) is 0 Å². The number of unbranched alkanes of at least 4 members (excludes halogenated alkanes) is 10. The summed E-state index contributed by atoms with van der Waals surface area (Å²) >= 11 is 5.28. The molecule has 0 spiro atoms. The summed E-state index contributed by atoms with van der Waals surface area (Å²) < 4.78 is 0. The second-order valence-electron chi connectivity index (χ2n) is 9.16. The van der Waals surface area contributed by atoms with E-state index < -0.39 is 0 Å². The van der Waals surface area contributed by atoms with E-state index in [1.807, 2.05) is 17.0 Å². The van der Waals surface area contributed by atoms with Gasteiger partial charge < -0.3 is 15.5 Å². The van der Waals surface area contributed by atoms with Gasteiger partial charge in [-0.05, 0) is 55.7 Å². The molecule has 0 aliphatic carbocycles. The summed E-state index contributed by atoms with van der Waals surface area (Å²) in [5.41, 5.74) is 1.42. The Bertz CT molecular complexity index is 700. The Morgan fingerprint density at radius 3 is 1.74 bits per heavy atom. The van der Waals surface area contributed by atoms with Crippen LogP contribution in [-0.2, 0) is 4.79 Å². The lowest BCUT2D eigenvalue weighted by Crippen LogP contribution is -2.34. The predicted molar refractivity (Wildman–Crippen MR) is 148 cm³/mol. The summed E-state index contributed by atoms with van der Waals surface area (Å²) in [6.07, 6.45) is 16.3. The molecule has 0 unspecified atom stereocenters. The molecule has 0 fully saturated rings. The van der Waals surface area contributed by atoms with Crippen LogP contribution in [-0.4, -0.2) is 34.9 Å². The van der Waals surface area contributed by atoms with Gasteiger partial charge in [0.05, 0.1) is 0 Å². The summed E-state index contributed by atoms with van der Waals surface area (Å²) in [5.74, 6) is 0.00750. The molecule has 0 aromatic heterocycles. The Hall–Kier alpha value is -1.95. The van der Waals surface area contributed by atoms with Crippen LogP contribution in [0.4, 0.5) is 5.69 Å². The molecule has 1 aromatic rings. The van der Waals surface area contributed by atoms with Gasteiger partial charge >= 0.3 is 0 Å². The van der Waals surface area contributed by atoms with E-state index in [0.29, 0.717) is 17.1 Å². The zero-order chi connectivity index (χ0) is 25.0. The van der Waals surface area contributed by atoms with E-state index in [0.717, 1.165) is 44.5 Å². The minimum Gasteiger partial charge on any atom is -0.339 e. The largest absolute Gasteiger partial charge is 0.339 e. The van der Waals surface area contributed by atoms with E-state index >= 15 is 0 Å². The first-order chi connectivity index (χ1) is 16.5. The predicted octanol–water partition coefficient (Wildman–Crippen LogP) is 7.46. The molecule has 0 atom stereocenters. The topological polar surface area (TPSA) is 61.4 Å². The zero-order valence-corrected chi connectivity index (χ0v) is 22.6. The minimum atomic E-state index is -0.0463. The smallest absolute Gasteiger partial charge is 0.253 e. The molecular formula is C28H47N3O2S. The van der Waals surface area contributed by atoms with Gasteiger partial charge in [0.1, 0.15) is 0 Å². The van der Waals surface area contributed by atoms with Crippen LogP contribution in [0.5, 0.6) is 0 Å². The van der Waals surface area contributed by atoms with E-state index in [1.54, 1.807) is 12.1 Å². The fraction of sp³-hybridized carbons (Fsp3) is 0.679. The molecule has 1 aromatic carbocycles. The van der Waals surface area contributed by atoms with Crippen LogP contribution in [0.1, 0.15) is 121 Å². The number of carbonyl (C=O) groups excluding carboxylic acids is 2. The molecule has 0 aliphatic rings. The van der Waals surface area contributed by atoms with Crippen molar-refractivity contribution in [1.29, 1.82) is 0 Å². The first kappa shape index (κ1) is 30.1. The molecular weight excluding hydrogens is 442 g/mol. The fourth-order valence-electron chi connectivity index (χ4n) is 4.03. The average molecular weight is 490 g/mol. The van der Waals surface area contributed by atoms with E-state index in [4.69, 9.17) is 12.2 Å². The zero-order valence-electron chi connectivity index (χ0n) is 21.8. The molecule has 6 heteroatoms. The minimum absolute atomic E-state index is 0.0463. The van der Waals surface area contributed by atoms with Crippen LogP contribution in [0.15, 0.2) is 24.3 Å². The second kappa shape index (κ2) is 19.4.